The van der Waals surface area contributed by atoms with Gasteiger partial charge in [0.1, 0.15) is 11.6 Å². The SMILES string of the molecule is CCOC(=O)CCNc1cc(N)nc(N)n1. The minimum Gasteiger partial charge on any atom is -0.466 e. The number of nitrogens with one attached hydrogen (secondary N) is 1. The van der Waals surface area contributed by atoms with Crippen LogP contribution in [0.2, 0.25) is 0 Å². The highest BCUT2D eigenvalue weighted by Gasteiger charge is 2.02. The normalized spacial score (nSPS) is 9.81. The van der Waals surface area contributed by atoms with Crippen molar-refractivity contribution >= 4 is 23.6 Å². The largest absolute Gasteiger partial charge is 0.466 e. The van der Waals surface area contributed by atoms with Crippen LogP contribution in [0.15, 0.2) is 6.07 Å². The van der Waals surface area contributed by atoms with Crippen LogP contribution in [0.4, 0.5) is 17.6 Å². The van der Waals surface area contributed by atoms with Crippen molar-refractivity contribution in [2.45, 2.75) is 13.3 Å². The maximum Gasteiger partial charge on any atom is 0.307 e. The molecule has 0 aliphatic rings. The minimum absolute atomic E-state index is 0.0960. The van der Waals surface area contributed by atoms with Gasteiger partial charge in [-0.3, -0.25) is 4.79 Å². The topological polar surface area (TPSA) is 116 Å². The van der Waals surface area contributed by atoms with E-state index in [1.807, 2.05) is 0 Å². The smallest absolute Gasteiger partial charge is 0.307 e. The second-order valence-electron chi connectivity index (χ2n) is 3.02. The van der Waals surface area contributed by atoms with Crippen LogP contribution in [0.5, 0.6) is 0 Å². The van der Waals surface area contributed by atoms with Gasteiger partial charge in [-0.15, -0.1) is 0 Å². The Morgan fingerprint density at radius 3 is 2.88 bits per heavy atom. The third kappa shape index (κ3) is 3.99. The molecule has 0 aliphatic heterocycles. The Hall–Kier alpha value is -2.05. The average molecular weight is 225 g/mol. The van der Waals surface area contributed by atoms with Crippen molar-refractivity contribution in [2.75, 3.05) is 29.9 Å². The van der Waals surface area contributed by atoms with E-state index in [0.717, 1.165) is 0 Å². The van der Waals surface area contributed by atoms with Crippen molar-refractivity contribution in [3.05, 3.63) is 6.07 Å². The highest BCUT2D eigenvalue weighted by Crippen LogP contribution is 2.08. The zero-order chi connectivity index (χ0) is 12.0. The fraction of sp³-hybridized carbons (Fsp3) is 0.444. The molecule has 0 radical (unpaired) electrons. The Bertz CT molecular complexity index is 349. The molecule has 0 aliphatic carbocycles. The molecule has 1 heterocycles. The number of ether oxygens (including phenoxy) is 1. The summed E-state index contributed by atoms with van der Waals surface area (Å²) < 4.78 is 4.77. The number of rotatable bonds is 5. The number of nitrogens with two attached hydrogens (primary N) is 2. The summed E-state index contributed by atoms with van der Waals surface area (Å²) in [6.45, 7) is 2.55. The van der Waals surface area contributed by atoms with Gasteiger partial charge >= 0.3 is 5.97 Å². The number of nitrogen functional groups attached to an aromatic ring is 2. The van der Waals surface area contributed by atoms with Crippen LogP contribution in [0, 0.1) is 0 Å². The lowest BCUT2D eigenvalue weighted by atomic mass is 10.4. The van der Waals surface area contributed by atoms with Crippen molar-refractivity contribution in [1.82, 2.24) is 9.97 Å². The average Bonchev–Trinajstić information content (AvgIpc) is 2.16. The summed E-state index contributed by atoms with van der Waals surface area (Å²) in [7, 11) is 0. The third-order valence-corrected chi connectivity index (χ3v) is 1.70. The highest BCUT2D eigenvalue weighted by atomic mass is 16.5. The first-order valence-corrected chi connectivity index (χ1v) is 4.91. The summed E-state index contributed by atoms with van der Waals surface area (Å²) in [4.78, 5) is 18.6. The maximum absolute atomic E-state index is 11.0. The predicted octanol–water partition coefficient (Wildman–Crippen LogP) is 0.00610. The van der Waals surface area contributed by atoms with E-state index in [0.29, 0.717) is 19.0 Å². The van der Waals surface area contributed by atoms with E-state index < -0.39 is 0 Å². The first-order chi connectivity index (χ1) is 7.61. The summed E-state index contributed by atoms with van der Waals surface area (Å²) in [5, 5.41) is 2.90. The fourth-order valence-electron chi connectivity index (χ4n) is 1.10. The number of carbonyl (C=O) groups excluding carboxylic acids is 1. The van der Waals surface area contributed by atoms with E-state index in [2.05, 4.69) is 15.3 Å². The molecule has 0 bridgehead atoms. The van der Waals surface area contributed by atoms with Gasteiger partial charge in [-0.05, 0) is 6.92 Å². The summed E-state index contributed by atoms with van der Waals surface area (Å²) in [6.07, 6.45) is 0.262. The first kappa shape index (κ1) is 12.0. The van der Waals surface area contributed by atoms with Crippen molar-refractivity contribution in [3.8, 4) is 0 Å². The number of esters is 1. The van der Waals surface area contributed by atoms with E-state index in [4.69, 9.17) is 16.2 Å². The monoisotopic (exact) mass is 225 g/mol. The van der Waals surface area contributed by atoms with E-state index >= 15 is 0 Å². The van der Waals surface area contributed by atoms with Gasteiger partial charge in [0.2, 0.25) is 5.95 Å². The summed E-state index contributed by atoms with van der Waals surface area (Å²) in [5.41, 5.74) is 10.9. The van der Waals surface area contributed by atoms with Gasteiger partial charge in [0.15, 0.2) is 0 Å². The molecule has 0 amide bonds. The first-order valence-electron chi connectivity index (χ1n) is 4.91. The predicted molar refractivity (Wildman–Crippen MR) is 60.6 cm³/mol. The molecule has 16 heavy (non-hydrogen) atoms. The van der Waals surface area contributed by atoms with Crippen LogP contribution in [0.1, 0.15) is 13.3 Å². The molecule has 5 N–H and O–H groups in total. The highest BCUT2D eigenvalue weighted by molar-refractivity contribution is 5.70. The van der Waals surface area contributed by atoms with E-state index in [1.165, 1.54) is 0 Å². The maximum atomic E-state index is 11.0. The Balaban J connectivity index is 2.40. The Labute approximate surface area is 93.2 Å². The van der Waals surface area contributed by atoms with Crippen molar-refractivity contribution in [2.24, 2.45) is 0 Å². The lowest BCUT2D eigenvalue weighted by Gasteiger charge is -2.06. The zero-order valence-electron chi connectivity index (χ0n) is 9.06. The molecule has 0 aromatic carbocycles. The Morgan fingerprint density at radius 2 is 2.25 bits per heavy atom. The number of carbonyl (C=O) groups is 1. The van der Waals surface area contributed by atoms with Gasteiger partial charge < -0.3 is 21.5 Å². The van der Waals surface area contributed by atoms with Gasteiger partial charge in [-0.25, -0.2) is 0 Å². The van der Waals surface area contributed by atoms with Gasteiger partial charge in [0.25, 0.3) is 0 Å². The van der Waals surface area contributed by atoms with Gasteiger partial charge in [-0.2, -0.15) is 9.97 Å². The number of aromatic nitrogens is 2. The van der Waals surface area contributed by atoms with Crippen LogP contribution < -0.4 is 16.8 Å². The van der Waals surface area contributed by atoms with Crippen LogP contribution in [-0.4, -0.2) is 29.1 Å². The molecule has 0 saturated carbocycles. The molecule has 0 spiro atoms. The molecular weight excluding hydrogens is 210 g/mol. The lowest BCUT2D eigenvalue weighted by Crippen LogP contribution is -2.13. The molecule has 7 nitrogen and oxygen atoms in total. The minimum atomic E-state index is -0.259. The molecule has 1 aromatic rings. The number of nitrogens with zero attached hydrogens (tertiary/aromatic N) is 2. The number of anilines is 3. The Morgan fingerprint density at radius 1 is 1.50 bits per heavy atom. The van der Waals surface area contributed by atoms with Crippen molar-refractivity contribution < 1.29 is 9.53 Å². The van der Waals surface area contributed by atoms with Gasteiger partial charge in [-0.1, -0.05) is 0 Å². The zero-order valence-corrected chi connectivity index (χ0v) is 9.06. The summed E-state index contributed by atoms with van der Waals surface area (Å²) >= 11 is 0. The van der Waals surface area contributed by atoms with E-state index in [-0.39, 0.29) is 24.2 Å². The van der Waals surface area contributed by atoms with E-state index in [1.54, 1.807) is 13.0 Å². The van der Waals surface area contributed by atoms with Crippen molar-refractivity contribution in [1.29, 1.82) is 0 Å². The molecule has 1 rings (SSSR count). The summed E-state index contributed by atoms with van der Waals surface area (Å²) in [6, 6.07) is 1.54. The quantitative estimate of drug-likeness (QED) is 0.604. The third-order valence-electron chi connectivity index (χ3n) is 1.70. The van der Waals surface area contributed by atoms with Gasteiger partial charge in [0.05, 0.1) is 13.0 Å². The van der Waals surface area contributed by atoms with Crippen LogP contribution >= 0.6 is 0 Å². The molecule has 0 fully saturated rings. The second kappa shape index (κ2) is 5.74. The number of hydrogen-bond donors (Lipinski definition) is 3. The summed E-state index contributed by atoms with van der Waals surface area (Å²) in [5.74, 6) is 0.615. The molecular formula is C9H15N5O2. The molecule has 1 aromatic heterocycles. The molecule has 0 saturated heterocycles. The van der Waals surface area contributed by atoms with E-state index in [9.17, 15) is 4.79 Å². The molecule has 88 valence electrons. The standard InChI is InChI=1S/C9H15N5O2/c1-2-16-8(15)3-4-12-7-5-6(10)13-9(11)14-7/h5H,2-4H2,1H3,(H5,10,11,12,13,14). The van der Waals surface area contributed by atoms with Crippen LogP contribution in [0.3, 0.4) is 0 Å². The molecule has 0 unspecified atom stereocenters. The van der Waals surface area contributed by atoms with Gasteiger partial charge in [0, 0.05) is 12.6 Å². The second-order valence-corrected chi connectivity index (χ2v) is 3.02. The molecule has 0 atom stereocenters. The number of hydrogen-bond acceptors (Lipinski definition) is 7. The fourth-order valence-corrected chi connectivity index (χ4v) is 1.10. The lowest BCUT2D eigenvalue weighted by molar-refractivity contribution is -0.142. The van der Waals surface area contributed by atoms with Crippen molar-refractivity contribution in [3.63, 3.8) is 0 Å². The van der Waals surface area contributed by atoms with Crippen LogP contribution in [-0.2, 0) is 9.53 Å². The molecule has 7 heteroatoms. The Kier molecular flexibility index (Phi) is 4.31. The van der Waals surface area contributed by atoms with Crippen LogP contribution in [0.25, 0.3) is 0 Å².